The van der Waals surface area contributed by atoms with E-state index in [2.05, 4.69) is 52.3 Å². The summed E-state index contributed by atoms with van der Waals surface area (Å²) in [5.74, 6) is 1.52. The quantitative estimate of drug-likeness (QED) is 0.129. The van der Waals surface area contributed by atoms with Crippen molar-refractivity contribution in [1.29, 1.82) is 0 Å². The number of carbonyl (C=O) groups excluding carboxylic acids is 2. The van der Waals surface area contributed by atoms with Crippen LogP contribution in [-0.4, -0.2) is 54.4 Å². The number of hydrogen-bond acceptors (Lipinski definition) is 7. The molecule has 0 bridgehead atoms. The molecule has 3 aromatic carbocycles. The standard InChI is InChI=1S/C34H37N7O3.C2H7N/c1-22-10-12-24(13-11-22)41-31(19-29(40-41)34(2,3)4)39-33(43)37-27-14-15-28(26-9-7-6-8-25(26)27)44-21-23-16-17-36-30(18-23)38-32(42)20-35-5;1-3-2/h6-19,35H,20-21H2,1-5H3,(H,36,38,42)(H2,37,39,43);3H,1-2H3. The summed E-state index contributed by atoms with van der Waals surface area (Å²) in [5.41, 5.74) is 4.15. The number of benzene rings is 3. The normalized spacial score (nSPS) is 11.0. The average molecular weight is 637 g/mol. The third-order valence-electron chi connectivity index (χ3n) is 6.95. The fourth-order valence-corrected chi connectivity index (χ4v) is 4.64. The molecule has 0 saturated carbocycles. The van der Waals surface area contributed by atoms with Gasteiger partial charge in [-0.2, -0.15) is 5.10 Å². The average Bonchev–Trinajstić information content (AvgIpc) is 3.46. The van der Waals surface area contributed by atoms with E-state index in [1.54, 1.807) is 24.0 Å². The number of nitrogens with one attached hydrogen (secondary N) is 5. The highest BCUT2D eigenvalue weighted by atomic mass is 16.5. The lowest BCUT2D eigenvalue weighted by molar-refractivity contribution is -0.115. The highest BCUT2D eigenvalue weighted by Crippen LogP contribution is 2.33. The molecule has 0 fully saturated rings. The Bertz CT molecular complexity index is 1810. The number of aromatic nitrogens is 3. The maximum atomic E-state index is 13.3. The Morgan fingerprint density at radius 2 is 1.55 bits per heavy atom. The number of carbonyl (C=O) groups is 2. The van der Waals surface area contributed by atoms with Gasteiger partial charge in [0.05, 0.1) is 23.6 Å². The monoisotopic (exact) mass is 636 g/mol. The van der Waals surface area contributed by atoms with Crippen LogP contribution >= 0.6 is 0 Å². The molecule has 5 N–H and O–H groups in total. The van der Waals surface area contributed by atoms with Crippen LogP contribution in [-0.2, 0) is 16.8 Å². The molecule has 2 aromatic heterocycles. The van der Waals surface area contributed by atoms with Crippen molar-refractivity contribution in [3.05, 3.63) is 102 Å². The number of amides is 3. The van der Waals surface area contributed by atoms with E-state index in [0.29, 0.717) is 23.1 Å². The second-order valence-corrected chi connectivity index (χ2v) is 12.1. The van der Waals surface area contributed by atoms with Gasteiger partial charge in [-0.15, -0.1) is 0 Å². The lowest BCUT2D eigenvalue weighted by Crippen LogP contribution is -2.25. The van der Waals surface area contributed by atoms with Gasteiger partial charge in [-0.3, -0.25) is 10.1 Å². The summed E-state index contributed by atoms with van der Waals surface area (Å²) < 4.78 is 7.94. The zero-order valence-electron chi connectivity index (χ0n) is 28.1. The van der Waals surface area contributed by atoms with E-state index >= 15 is 0 Å². The molecular formula is C36H44N8O3. The lowest BCUT2D eigenvalue weighted by Gasteiger charge is -2.15. The second kappa shape index (κ2) is 15.8. The molecule has 0 aliphatic rings. The van der Waals surface area contributed by atoms with E-state index in [0.717, 1.165) is 33.3 Å². The molecule has 5 aromatic rings. The highest BCUT2D eigenvalue weighted by molar-refractivity contribution is 6.07. The van der Waals surface area contributed by atoms with Crippen molar-refractivity contribution in [3.8, 4) is 11.4 Å². The van der Waals surface area contributed by atoms with Crippen LogP contribution in [0.3, 0.4) is 0 Å². The zero-order valence-corrected chi connectivity index (χ0v) is 28.1. The van der Waals surface area contributed by atoms with Crippen LogP contribution in [0.15, 0.2) is 85.1 Å². The van der Waals surface area contributed by atoms with Crippen LogP contribution in [0.2, 0.25) is 0 Å². The Hall–Kier alpha value is -5.26. The minimum atomic E-state index is -0.387. The number of urea groups is 1. The minimum Gasteiger partial charge on any atom is -0.488 e. The predicted octanol–water partition coefficient (Wildman–Crippen LogP) is 6.24. The van der Waals surface area contributed by atoms with Gasteiger partial charge in [-0.25, -0.2) is 14.5 Å². The van der Waals surface area contributed by atoms with E-state index in [1.807, 2.05) is 93.8 Å². The molecule has 0 saturated heterocycles. The molecule has 0 unspecified atom stereocenters. The van der Waals surface area contributed by atoms with Crippen molar-refractivity contribution in [1.82, 2.24) is 25.4 Å². The molecule has 0 aliphatic heterocycles. The maximum absolute atomic E-state index is 13.3. The molecule has 11 nitrogen and oxygen atoms in total. The summed E-state index contributed by atoms with van der Waals surface area (Å²) in [6.07, 6.45) is 1.63. The molecule has 3 amide bonds. The Kier molecular flexibility index (Phi) is 11.7. The molecule has 0 radical (unpaired) electrons. The molecule has 0 atom stereocenters. The number of fused-ring (bicyclic) bond motifs is 1. The Labute approximate surface area is 276 Å². The van der Waals surface area contributed by atoms with Gasteiger partial charge in [0, 0.05) is 28.5 Å². The number of aryl methyl sites for hydroxylation is 1. The Morgan fingerprint density at radius 3 is 2.23 bits per heavy atom. The van der Waals surface area contributed by atoms with Crippen molar-refractivity contribution in [2.24, 2.45) is 0 Å². The largest absolute Gasteiger partial charge is 0.488 e. The third kappa shape index (κ3) is 9.38. The van der Waals surface area contributed by atoms with Crippen LogP contribution in [0, 0.1) is 6.92 Å². The second-order valence-electron chi connectivity index (χ2n) is 12.1. The van der Waals surface area contributed by atoms with Crippen molar-refractivity contribution in [3.63, 3.8) is 0 Å². The number of rotatable bonds is 9. The van der Waals surface area contributed by atoms with E-state index < -0.39 is 0 Å². The number of nitrogens with zero attached hydrogens (tertiary/aromatic N) is 3. The predicted molar refractivity (Wildman–Crippen MR) is 190 cm³/mol. The first-order valence-electron chi connectivity index (χ1n) is 15.4. The molecule has 0 aliphatic carbocycles. The lowest BCUT2D eigenvalue weighted by atomic mass is 9.92. The summed E-state index contributed by atoms with van der Waals surface area (Å²) in [7, 11) is 5.46. The molecule has 11 heteroatoms. The molecular weight excluding hydrogens is 592 g/mol. The van der Waals surface area contributed by atoms with Gasteiger partial charge >= 0.3 is 6.03 Å². The number of hydrogen-bond donors (Lipinski definition) is 5. The van der Waals surface area contributed by atoms with E-state index in [4.69, 9.17) is 9.84 Å². The van der Waals surface area contributed by atoms with Crippen LogP contribution < -0.4 is 31.3 Å². The fourth-order valence-electron chi connectivity index (χ4n) is 4.64. The zero-order chi connectivity index (χ0) is 34.0. The molecule has 47 heavy (non-hydrogen) atoms. The van der Waals surface area contributed by atoms with Crippen molar-refractivity contribution in [2.45, 2.75) is 39.7 Å². The summed E-state index contributed by atoms with van der Waals surface area (Å²) in [6.45, 7) is 8.76. The summed E-state index contributed by atoms with van der Waals surface area (Å²) in [6, 6.07) is 24.5. The van der Waals surface area contributed by atoms with Gasteiger partial charge in [0.2, 0.25) is 5.91 Å². The first kappa shape index (κ1) is 34.6. The number of ether oxygens (including phenoxy) is 1. The van der Waals surface area contributed by atoms with Gasteiger partial charge in [-0.1, -0.05) is 62.7 Å². The molecule has 2 heterocycles. The Morgan fingerprint density at radius 1 is 0.851 bits per heavy atom. The Balaban J connectivity index is 0.00000160. The molecule has 246 valence electrons. The first-order chi connectivity index (χ1) is 22.5. The number of anilines is 3. The van der Waals surface area contributed by atoms with Crippen molar-refractivity contribution in [2.75, 3.05) is 43.6 Å². The van der Waals surface area contributed by atoms with Gasteiger partial charge in [0.15, 0.2) is 0 Å². The van der Waals surface area contributed by atoms with Gasteiger partial charge in [0.1, 0.15) is 24.0 Å². The van der Waals surface area contributed by atoms with Crippen molar-refractivity contribution < 1.29 is 14.3 Å². The van der Waals surface area contributed by atoms with E-state index in [-0.39, 0.29) is 30.5 Å². The topological polar surface area (TPSA) is 134 Å². The summed E-state index contributed by atoms with van der Waals surface area (Å²) in [5, 5.41) is 20.8. The highest BCUT2D eigenvalue weighted by Gasteiger charge is 2.22. The fraction of sp³-hybridized carbons (Fsp3) is 0.278. The molecule has 0 spiro atoms. The third-order valence-corrected chi connectivity index (χ3v) is 6.95. The summed E-state index contributed by atoms with van der Waals surface area (Å²) >= 11 is 0. The van der Waals surface area contributed by atoms with E-state index in [1.165, 1.54) is 0 Å². The number of likely N-dealkylation sites (N-methyl/N-ethyl adjacent to an activating group) is 1. The summed E-state index contributed by atoms with van der Waals surface area (Å²) in [4.78, 5) is 29.5. The van der Waals surface area contributed by atoms with Crippen LogP contribution in [0.1, 0.15) is 37.6 Å². The number of pyridine rings is 1. The smallest absolute Gasteiger partial charge is 0.324 e. The maximum Gasteiger partial charge on any atom is 0.324 e. The van der Waals surface area contributed by atoms with Gasteiger partial charge < -0.3 is 26.0 Å². The SMILES string of the molecule is CNC.CNCC(=O)Nc1cc(COc2ccc(NC(=O)Nc3cc(C(C)(C)C)nn3-c3ccc(C)cc3)c3ccccc23)ccn1. The van der Waals surface area contributed by atoms with Crippen LogP contribution in [0.25, 0.3) is 16.5 Å². The molecule has 5 rings (SSSR count). The van der Waals surface area contributed by atoms with Gasteiger partial charge in [-0.05, 0) is 70.0 Å². The van der Waals surface area contributed by atoms with Crippen LogP contribution in [0.5, 0.6) is 5.75 Å². The van der Waals surface area contributed by atoms with E-state index in [9.17, 15) is 9.59 Å². The minimum absolute atomic E-state index is 0.176. The first-order valence-corrected chi connectivity index (χ1v) is 15.4. The van der Waals surface area contributed by atoms with Gasteiger partial charge in [0.25, 0.3) is 0 Å². The van der Waals surface area contributed by atoms with Crippen LogP contribution in [0.4, 0.5) is 22.1 Å². The van der Waals surface area contributed by atoms with Crippen molar-refractivity contribution >= 4 is 40.0 Å².